The van der Waals surface area contributed by atoms with Crippen LogP contribution in [0.25, 0.3) is 32.9 Å². The third-order valence-electron chi connectivity index (χ3n) is 4.65. The van der Waals surface area contributed by atoms with Crippen LogP contribution in [0, 0.1) is 0 Å². The molecule has 4 aromatic rings. The number of rotatable bonds is 0. The first-order valence-electron chi connectivity index (χ1n) is 8.72. The summed E-state index contributed by atoms with van der Waals surface area (Å²) in [5.74, 6) is 1.49. The van der Waals surface area contributed by atoms with Gasteiger partial charge >= 0.3 is 0 Å². The Morgan fingerprint density at radius 1 is 0.808 bits per heavy atom. The molecule has 0 aliphatic carbocycles. The molecule has 0 atom stereocenters. The van der Waals surface area contributed by atoms with Crippen LogP contribution in [0.2, 0.25) is 0 Å². The molecule has 4 heteroatoms. The maximum absolute atomic E-state index is 10.2. The monoisotopic (exact) mass is 346 g/mol. The maximum Gasteiger partial charge on any atom is 0.228 e. The summed E-state index contributed by atoms with van der Waals surface area (Å²) in [4.78, 5) is 0. The van der Waals surface area contributed by atoms with Crippen LogP contribution in [0.15, 0.2) is 54.6 Å². The Labute approximate surface area is 151 Å². The third-order valence-corrected chi connectivity index (χ3v) is 4.65. The fourth-order valence-corrected chi connectivity index (χ4v) is 3.65. The quantitative estimate of drug-likeness (QED) is 0.305. The standard InChI is InChI=1S/C20H13NO3.C2H6/c1-21-16-5-3-2-4-13(16)15-8-12(23)10-18-19(15)20(21)14-7-6-11(22)9-17(14)24-18;1-2/h2-10H,1H3,(H,22,23);1-2H3/p+1. The highest BCUT2D eigenvalue weighted by Crippen LogP contribution is 2.48. The zero-order valence-corrected chi connectivity index (χ0v) is 14.9. The topological polar surface area (TPSA) is 53.6 Å². The molecule has 0 saturated carbocycles. The van der Waals surface area contributed by atoms with Gasteiger partial charge in [-0.1, -0.05) is 26.0 Å². The molecule has 0 unspecified atom stereocenters. The van der Waals surface area contributed by atoms with Crippen LogP contribution >= 0.6 is 0 Å². The van der Waals surface area contributed by atoms with Crippen molar-refractivity contribution in [3.05, 3.63) is 54.6 Å². The summed E-state index contributed by atoms with van der Waals surface area (Å²) < 4.78 is 8.12. The Morgan fingerprint density at radius 3 is 2.35 bits per heavy atom. The number of hydrogen-bond donors (Lipinski definition) is 2. The molecule has 0 fully saturated rings. The van der Waals surface area contributed by atoms with Gasteiger partial charge in [0.15, 0.2) is 0 Å². The lowest BCUT2D eigenvalue weighted by molar-refractivity contribution is -0.632. The third kappa shape index (κ3) is 2.19. The fraction of sp³-hybridized carbons (Fsp3) is 0.136. The lowest BCUT2D eigenvalue weighted by atomic mass is 9.96. The van der Waals surface area contributed by atoms with Crippen molar-refractivity contribution in [2.75, 3.05) is 0 Å². The van der Waals surface area contributed by atoms with E-state index in [1.807, 2.05) is 45.2 Å². The Bertz CT molecular complexity index is 1170. The van der Waals surface area contributed by atoms with Crippen LogP contribution < -0.4 is 9.30 Å². The number of ether oxygens (including phenoxy) is 1. The van der Waals surface area contributed by atoms with E-state index in [0.717, 1.165) is 32.9 Å². The molecule has 5 rings (SSSR count). The Morgan fingerprint density at radius 2 is 1.54 bits per heavy atom. The van der Waals surface area contributed by atoms with Gasteiger partial charge < -0.3 is 14.9 Å². The van der Waals surface area contributed by atoms with Crippen molar-refractivity contribution in [2.24, 2.45) is 7.05 Å². The molecule has 0 bridgehead atoms. The minimum absolute atomic E-state index is 0.150. The van der Waals surface area contributed by atoms with Crippen molar-refractivity contribution in [1.29, 1.82) is 0 Å². The number of fused-ring (bicyclic) bond motifs is 4. The highest BCUT2D eigenvalue weighted by atomic mass is 16.5. The molecule has 4 nitrogen and oxygen atoms in total. The molecule has 1 aliphatic rings. The van der Waals surface area contributed by atoms with Crippen LogP contribution in [-0.4, -0.2) is 10.2 Å². The van der Waals surface area contributed by atoms with Gasteiger partial charge in [-0.25, -0.2) is 0 Å². The number of hydrogen-bond acceptors (Lipinski definition) is 3. The minimum Gasteiger partial charge on any atom is -0.508 e. The largest absolute Gasteiger partial charge is 0.508 e. The molecule has 0 amide bonds. The highest BCUT2D eigenvalue weighted by Gasteiger charge is 2.30. The Kier molecular flexibility index (Phi) is 3.69. The molecule has 2 N–H and O–H groups in total. The number of phenols is 2. The first kappa shape index (κ1) is 16.2. The second-order valence-electron chi connectivity index (χ2n) is 6.07. The predicted octanol–water partition coefficient (Wildman–Crippen LogP) is 5.03. The van der Waals surface area contributed by atoms with E-state index in [-0.39, 0.29) is 11.5 Å². The molecule has 2 heterocycles. The highest BCUT2D eigenvalue weighted by molar-refractivity contribution is 6.13. The van der Waals surface area contributed by atoms with Crippen LogP contribution in [0.5, 0.6) is 23.0 Å². The molecule has 0 spiro atoms. The van der Waals surface area contributed by atoms with Crippen LogP contribution in [0.4, 0.5) is 0 Å². The van der Waals surface area contributed by atoms with Crippen molar-refractivity contribution < 1.29 is 19.5 Å². The zero-order chi connectivity index (χ0) is 18.4. The van der Waals surface area contributed by atoms with E-state index in [0.29, 0.717) is 11.5 Å². The van der Waals surface area contributed by atoms with Crippen molar-refractivity contribution >= 4 is 21.7 Å². The van der Waals surface area contributed by atoms with Crippen LogP contribution in [0.3, 0.4) is 0 Å². The SMILES string of the molecule is CC.C[n+]1c2c3c(cc(O)cc3c3ccccc31)Oc1cc(O)ccc1-2. The molecule has 1 aromatic heterocycles. The molecule has 0 saturated heterocycles. The second-order valence-corrected chi connectivity index (χ2v) is 6.07. The Balaban J connectivity index is 0.000000814. The van der Waals surface area contributed by atoms with Gasteiger partial charge in [0, 0.05) is 23.6 Å². The van der Waals surface area contributed by atoms with E-state index in [1.54, 1.807) is 24.3 Å². The first-order valence-corrected chi connectivity index (χ1v) is 8.72. The van der Waals surface area contributed by atoms with E-state index in [1.165, 1.54) is 0 Å². The number of nitrogens with zero attached hydrogens (tertiary/aromatic N) is 1. The summed E-state index contributed by atoms with van der Waals surface area (Å²) in [6.45, 7) is 4.00. The zero-order valence-electron chi connectivity index (χ0n) is 14.9. The smallest absolute Gasteiger partial charge is 0.228 e. The number of aromatic hydroxyl groups is 2. The number of phenolic OH excluding ortho intramolecular Hbond substituents is 2. The minimum atomic E-state index is 0.150. The predicted molar refractivity (Wildman–Crippen MR) is 103 cm³/mol. The summed E-state index contributed by atoms with van der Waals surface area (Å²) in [7, 11) is 2.02. The van der Waals surface area contributed by atoms with Crippen molar-refractivity contribution in [2.45, 2.75) is 13.8 Å². The normalized spacial score (nSPS) is 11.5. The Hall–Kier alpha value is -3.27. The van der Waals surface area contributed by atoms with Crippen LogP contribution in [0.1, 0.15) is 13.8 Å². The van der Waals surface area contributed by atoms with Gasteiger partial charge in [-0.15, -0.1) is 0 Å². The maximum atomic E-state index is 10.2. The number of aromatic nitrogens is 1. The average Bonchev–Trinajstić information content (AvgIpc) is 2.66. The summed E-state index contributed by atoms with van der Waals surface area (Å²) in [5.41, 5.74) is 3.00. The van der Waals surface area contributed by atoms with Crippen molar-refractivity contribution in [3.8, 4) is 34.3 Å². The first-order chi connectivity index (χ1) is 12.6. The fourth-order valence-electron chi connectivity index (χ4n) is 3.65. The molecule has 3 aromatic carbocycles. The summed E-state index contributed by atoms with van der Waals surface area (Å²) >= 11 is 0. The van der Waals surface area contributed by atoms with Gasteiger partial charge in [-0.2, -0.15) is 4.57 Å². The second kappa shape index (κ2) is 5.92. The summed E-state index contributed by atoms with van der Waals surface area (Å²) in [5, 5.41) is 22.9. The number of aryl methyl sites for hydroxylation is 1. The average molecular weight is 346 g/mol. The van der Waals surface area contributed by atoms with Gasteiger partial charge in [0.2, 0.25) is 11.2 Å². The summed E-state index contributed by atoms with van der Waals surface area (Å²) in [6, 6.07) is 16.6. The van der Waals surface area contributed by atoms with E-state index < -0.39 is 0 Å². The lowest BCUT2D eigenvalue weighted by Gasteiger charge is -2.20. The molecule has 130 valence electrons. The summed E-state index contributed by atoms with van der Waals surface area (Å²) in [6.07, 6.45) is 0. The van der Waals surface area contributed by atoms with E-state index >= 15 is 0 Å². The van der Waals surface area contributed by atoms with Gasteiger partial charge in [0.05, 0.1) is 16.3 Å². The lowest BCUT2D eigenvalue weighted by Crippen LogP contribution is -2.33. The van der Waals surface area contributed by atoms with Gasteiger partial charge in [0.1, 0.15) is 30.0 Å². The van der Waals surface area contributed by atoms with E-state index in [9.17, 15) is 10.2 Å². The van der Waals surface area contributed by atoms with E-state index in [4.69, 9.17) is 4.74 Å². The van der Waals surface area contributed by atoms with Gasteiger partial charge in [-0.05, 0) is 24.3 Å². The number of pyridine rings is 1. The number of benzene rings is 3. The molecule has 1 aliphatic heterocycles. The van der Waals surface area contributed by atoms with Crippen molar-refractivity contribution in [3.63, 3.8) is 0 Å². The number of para-hydroxylation sites is 1. The molecule has 26 heavy (non-hydrogen) atoms. The van der Waals surface area contributed by atoms with Crippen molar-refractivity contribution in [1.82, 2.24) is 0 Å². The van der Waals surface area contributed by atoms with Gasteiger partial charge in [-0.3, -0.25) is 0 Å². The van der Waals surface area contributed by atoms with Crippen LogP contribution in [-0.2, 0) is 7.05 Å². The molecular weight excluding hydrogens is 326 g/mol. The molecule has 0 radical (unpaired) electrons. The molecular formula is C22H20NO3+. The van der Waals surface area contributed by atoms with E-state index in [2.05, 4.69) is 10.6 Å². The van der Waals surface area contributed by atoms with Gasteiger partial charge in [0.25, 0.3) is 0 Å².